The van der Waals surface area contributed by atoms with Crippen LogP contribution in [0.4, 0.5) is 0 Å². The molecule has 2 N–H and O–H groups in total. The molecule has 4 aromatic carbocycles. The smallest absolute Gasteiger partial charge is 0.186 e. The molecule has 0 aliphatic heterocycles. The van der Waals surface area contributed by atoms with Gasteiger partial charge < -0.3 is 5.32 Å². The van der Waals surface area contributed by atoms with Crippen LogP contribution in [0.3, 0.4) is 0 Å². The number of rotatable bonds is 5. The van der Waals surface area contributed by atoms with Gasteiger partial charge in [0.15, 0.2) is 5.11 Å². The lowest BCUT2D eigenvalue weighted by molar-refractivity contribution is 0.838. The zero-order valence-corrected chi connectivity index (χ0v) is 17.3. The fraction of sp³-hybridized carbons (Fsp3) is 0.0833. The Morgan fingerprint density at radius 3 is 2.00 bits per heavy atom. The summed E-state index contributed by atoms with van der Waals surface area (Å²) in [6.07, 6.45) is 2.71. The van der Waals surface area contributed by atoms with Crippen LogP contribution in [0.2, 0.25) is 5.02 Å². The molecule has 0 aromatic heterocycles. The molecule has 0 fully saturated rings. The minimum atomic E-state index is 0.500. The van der Waals surface area contributed by atoms with Crippen molar-refractivity contribution < 1.29 is 0 Å². The molecule has 0 heterocycles. The second kappa shape index (κ2) is 9.03. The SMILES string of the molecule is S=C(NCCc1ccccc1)N/N=C/c1c2ccccc2c(Cl)c2ccccc12. The van der Waals surface area contributed by atoms with Gasteiger partial charge in [0, 0.05) is 22.9 Å². The summed E-state index contributed by atoms with van der Waals surface area (Å²) in [5.41, 5.74) is 5.20. The highest BCUT2D eigenvalue weighted by atomic mass is 35.5. The quantitative estimate of drug-likeness (QED) is 0.189. The van der Waals surface area contributed by atoms with Gasteiger partial charge in [-0.3, -0.25) is 5.43 Å². The lowest BCUT2D eigenvalue weighted by atomic mass is 9.97. The van der Waals surface area contributed by atoms with E-state index in [1.165, 1.54) is 5.56 Å². The Bertz CT molecular complexity index is 1130. The number of hydrazone groups is 1. The Labute approximate surface area is 180 Å². The molecule has 0 amide bonds. The van der Waals surface area contributed by atoms with Crippen molar-refractivity contribution in [3.63, 3.8) is 0 Å². The van der Waals surface area contributed by atoms with Crippen molar-refractivity contribution in [3.05, 3.63) is 95.0 Å². The minimum Gasteiger partial charge on any atom is -0.361 e. The maximum Gasteiger partial charge on any atom is 0.186 e. The number of halogens is 1. The highest BCUT2D eigenvalue weighted by Gasteiger charge is 2.10. The molecule has 4 rings (SSSR count). The topological polar surface area (TPSA) is 36.4 Å². The van der Waals surface area contributed by atoms with E-state index in [4.69, 9.17) is 23.8 Å². The van der Waals surface area contributed by atoms with Crippen LogP contribution in [0.15, 0.2) is 84.0 Å². The van der Waals surface area contributed by atoms with Crippen molar-refractivity contribution in [3.8, 4) is 0 Å². The Kier molecular flexibility index (Phi) is 6.03. The average Bonchev–Trinajstić information content (AvgIpc) is 2.77. The molecule has 4 aromatic rings. The second-order valence-electron chi connectivity index (χ2n) is 6.68. The monoisotopic (exact) mass is 417 g/mol. The van der Waals surface area contributed by atoms with E-state index in [2.05, 4.69) is 40.1 Å². The van der Waals surface area contributed by atoms with Crippen LogP contribution in [-0.4, -0.2) is 17.9 Å². The maximum atomic E-state index is 6.65. The van der Waals surface area contributed by atoms with Gasteiger partial charge >= 0.3 is 0 Å². The van der Waals surface area contributed by atoms with Gasteiger partial charge in [-0.2, -0.15) is 5.10 Å². The third-order valence-corrected chi connectivity index (χ3v) is 5.45. The van der Waals surface area contributed by atoms with Crippen LogP contribution in [0.5, 0.6) is 0 Å². The van der Waals surface area contributed by atoms with Crippen LogP contribution in [0.25, 0.3) is 21.5 Å². The predicted octanol–water partition coefficient (Wildman–Crippen LogP) is 5.69. The van der Waals surface area contributed by atoms with E-state index < -0.39 is 0 Å². The van der Waals surface area contributed by atoms with Gasteiger partial charge in [-0.05, 0) is 35.0 Å². The van der Waals surface area contributed by atoms with Gasteiger partial charge in [0.25, 0.3) is 0 Å². The number of hydrogen-bond donors (Lipinski definition) is 2. The summed E-state index contributed by atoms with van der Waals surface area (Å²) < 4.78 is 0. The summed E-state index contributed by atoms with van der Waals surface area (Å²) in [5.74, 6) is 0. The predicted molar refractivity (Wildman–Crippen MR) is 128 cm³/mol. The molecule has 0 unspecified atom stereocenters. The van der Waals surface area contributed by atoms with Gasteiger partial charge in [-0.25, -0.2) is 0 Å². The fourth-order valence-corrected chi connectivity index (χ4v) is 3.89. The molecule has 144 valence electrons. The number of nitrogens with one attached hydrogen (secondary N) is 2. The number of hydrogen-bond acceptors (Lipinski definition) is 2. The third kappa shape index (κ3) is 4.39. The van der Waals surface area contributed by atoms with Crippen molar-refractivity contribution in [2.45, 2.75) is 6.42 Å². The lowest BCUT2D eigenvalue weighted by Crippen LogP contribution is -2.33. The number of nitrogens with zero attached hydrogens (tertiary/aromatic N) is 1. The first-order valence-electron chi connectivity index (χ1n) is 9.44. The molecule has 0 aliphatic rings. The summed E-state index contributed by atoms with van der Waals surface area (Å²) in [5, 5.41) is 13.0. The van der Waals surface area contributed by atoms with Crippen molar-refractivity contribution in [2.75, 3.05) is 6.54 Å². The first-order valence-corrected chi connectivity index (χ1v) is 10.2. The standard InChI is InChI=1S/C24H20ClN3S/c25-23-20-12-6-4-10-18(20)22(19-11-5-7-13-21(19)23)16-27-28-24(29)26-15-14-17-8-2-1-3-9-17/h1-13,16H,14-15H2,(H2,26,28,29)/b27-16+. The summed E-state index contributed by atoms with van der Waals surface area (Å²) in [6, 6.07) is 26.5. The van der Waals surface area contributed by atoms with Crippen molar-refractivity contribution >= 4 is 56.7 Å². The lowest BCUT2D eigenvalue weighted by Gasteiger charge is -2.11. The molecule has 0 saturated heterocycles. The van der Waals surface area contributed by atoms with Crippen LogP contribution < -0.4 is 10.7 Å². The summed E-state index contributed by atoms with van der Waals surface area (Å²) in [6.45, 7) is 0.748. The van der Waals surface area contributed by atoms with Crippen LogP contribution in [0, 0.1) is 0 Å². The van der Waals surface area contributed by atoms with E-state index in [0.29, 0.717) is 5.11 Å². The van der Waals surface area contributed by atoms with Gasteiger partial charge in [-0.15, -0.1) is 0 Å². The molecule has 0 radical (unpaired) electrons. The van der Waals surface area contributed by atoms with Crippen molar-refractivity contribution in [1.82, 2.24) is 10.7 Å². The minimum absolute atomic E-state index is 0.500. The van der Waals surface area contributed by atoms with Gasteiger partial charge in [0.05, 0.1) is 11.2 Å². The molecular formula is C24H20ClN3S. The number of benzene rings is 4. The molecule has 0 aliphatic carbocycles. The van der Waals surface area contributed by atoms with E-state index in [1.54, 1.807) is 0 Å². The largest absolute Gasteiger partial charge is 0.361 e. The molecular weight excluding hydrogens is 398 g/mol. The summed E-state index contributed by atoms with van der Waals surface area (Å²) in [7, 11) is 0. The Morgan fingerprint density at radius 1 is 0.828 bits per heavy atom. The van der Waals surface area contributed by atoms with E-state index in [9.17, 15) is 0 Å². The highest BCUT2D eigenvalue weighted by Crippen LogP contribution is 2.35. The Hall–Kier alpha value is -2.95. The van der Waals surface area contributed by atoms with Crippen LogP contribution in [0.1, 0.15) is 11.1 Å². The third-order valence-electron chi connectivity index (χ3n) is 4.81. The summed E-state index contributed by atoms with van der Waals surface area (Å²) >= 11 is 12.0. The molecule has 0 saturated carbocycles. The van der Waals surface area contributed by atoms with E-state index in [-0.39, 0.29) is 0 Å². The first-order chi connectivity index (χ1) is 14.2. The van der Waals surface area contributed by atoms with Gasteiger partial charge in [-0.1, -0.05) is 90.5 Å². The molecule has 0 bridgehead atoms. The average molecular weight is 418 g/mol. The molecule has 0 atom stereocenters. The zero-order chi connectivity index (χ0) is 20.1. The first kappa shape index (κ1) is 19.4. The molecule has 29 heavy (non-hydrogen) atoms. The molecule has 0 spiro atoms. The van der Waals surface area contributed by atoms with Crippen LogP contribution >= 0.6 is 23.8 Å². The Balaban J connectivity index is 1.50. The maximum absolute atomic E-state index is 6.65. The normalized spacial score (nSPS) is 11.2. The number of thiocarbonyl (C=S) groups is 1. The molecule has 5 heteroatoms. The van der Waals surface area contributed by atoms with E-state index in [0.717, 1.165) is 45.1 Å². The van der Waals surface area contributed by atoms with E-state index in [1.807, 2.05) is 60.8 Å². The van der Waals surface area contributed by atoms with Crippen molar-refractivity contribution in [2.24, 2.45) is 5.10 Å². The number of fused-ring (bicyclic) bond motifs is 2. The molecule has 3 nitrogen and oxygen atoms in total. The fourth-order valence-electron chi connectivity index (χ4n) is 3.41. The summed E-state index contributed by atoms with van der Waals surface area (Å²) in [4.78, 5) is 0. The van der Waals surface area contributed by atoms with Gasteiger partial charge in [0.2, 0.25) is 0 Å². The van der Waals surface area contributed by atoms with E-state index >= 15 is 0 Å². The van der Waals surface area contributed by atoms with Gasteiger partial charge in [0.1, 0.15) is 0 Å². The highest BCUT2D eigenvalue weighted by molar-refractivity contribution is 7.80. The van der Waals surface area contributed by atoms with Crippen molar-refractivity contribution in [1.29, 1.82) is 0 Å². The second-order valence-corrected chi connectivity index (χ2v) is 7.47. The zero-order valence-electron chi connectivity index (χ0n) is 15.7. The Morgan fingerprint density at radius 2 is 1.38 bits per heavy atom. The van der Waals surface area contributed by atoms with Crippen LogP contribution in [-0.2, 0) is 6.42 Å².